The van der Waals surface area contributed by atoms with Crippen LogP contribution in [0.15, 0.2) is 18.2 Å². The van der Waals surface area contributed by atoms with Crippen LogP contribution in [0.25, 0.3) is 0 Å². The molecular weight excluding hydrogens is 271 g/mol. The second kappa shape index (κ2) is 6.70. The molecule has 5 heteroatoms. The molecule has 2 rings (SSSR count). The molecule has 0 radical (unpaired) electrons. The van der Waals surface area contributed by atoms with Gasteiger partial charge in [0, 0.05) is 38.2 Å². The van der Waals surface area contributed by atoms with Gasteiger partial charge in [0.2, 0.25) is 5.91 Å². The maximum absolute atomic E-state index is 13.1. The quantitative estimate of drug-likeness (QED) is 0.838. The van der Waals surface area contributed by atoms with Crippen LogP contribution >= 0.6 is 0 Å². The summed E-state index contributed by atoms with van der Waals surface area (Å²) < 4.78 is 13.1. The predicted octanol–water partition coefficient (Wildman–Crippen LogP) is 2.22. The van der Waals surface area contributed by atoms with E-state index in [1.54, 1.807) is 11.8 Å². The molecule has 0 saturated carbocycles. The number of hydrogen-bond acceptors (Lipinski definition) is 2. The van der Waals surface area contributed by atoms with Crippen LogP contribution in [0.5, 0.6) is 0 Å². The minimum Gasteiger partial charge on any atom is -0.341 e. The zero-order valence-electron chi connectivity index (χ0n) is 12.6. The summed E-state index contributed by atoms with van der Waals surface area (Å²) in [4.78, 5) is 27.8. The first-order chi connectivity index (χ1) is 10.0. The molecule has 0 aliphatic carbocycles. The molecule has 1 saturated heterocycles. The number of halogens is 1. The summed E-state index contributed by atoms with van der Waals surface area (Å²) in [7, 11) is 0. The minimum absolute atomic E-state index is 0.0849. The molecule has 0 bridgehead atoms. The van der Waals surface area contributed by atoms with E-state index in [0.29, 0.717) is 43.7 Å². The molecule has 0 spiro atoms. The molecule has 1 aliphatic rings. The summed E-state index contributed by atoms with van der Waals surface area (Å²) in [5, 5.41) is 0. The summed E-state index contributed by atoms with van der Waals surface area (Å²) in [5.41, 5.74) is 1.18. The van der Waals surface area contributed by atoms with E-state index in [2.05, 4.69) is 0 Å². The maximum atomic E-state index is 13.1. The minimum atomic E-state index is -0.334. The van der Waals surface area contributed by atoms with Crippen LogP contribution in [0.3, 0.4) is 0 Å². The highest BCUT2D eigenvalue weighted by molar-refractivity contribution is 5.95. The lowest BCUT2D eigenvalue weighted by Crippen LogP contribution is -2.37. The lowest BCUT2D eigenvalue weighted by molar-refractivity contribution is -0.130. The normalized spacial score (nSPS) is 15.8. The van der Waals surface area contributed by atoms with E-state index < -0.39 is 0 Å². The van der Waals surface area contributed by atoms with Crippen molar-refractivity contribution in [1.82, 2.24) is 9.80 Å². The van der Waals surface area contributed by atoms with Crippen molar-refractivity contribution in [1.29, 1.82) is 0 Å². The summed E-state index contributed by atoms with van der Waals surface area (Å²) in [5.74, 6) is -0.291. The zero-order chi connectivity index (χ0) is 15.4. The highest BCUT2D eigenvalue weighted by atomic mass is 19.1. The Morgan fingerprint density at radius 3 is 2.48 bits per heavy atom. The fourth-order valence-corrected chi connectivity index (χ4v) is 2.63. The van der Waals surface area contributed by atoms with Gasteiger partial charge in [-0.25, -0.2) is 4.39 Å². The van der Waals surface area contributed by atoms with Crippen LogP contribution in [0, 0.1) is 12.7 Å². The van der Waals surface area contributed by atoms with E-state index in [1.807, 2.05) is 11.8 Å². The largest absolute Gasteiger partial charge is 0.341 e. The third-order valence-corrected chi connectivity index (χ3v) is 3.86. The molecule has 21 heavy (non-hydrogen) atoms. The smallest absolute Gasteiger partial charge is 0.254 e. The van der Waals surface area contributed by atoms with E-state index >= 15 is 0 Å². The summed E-state index contributed by atoms with van der Waals surface area (Å²) in [6.07, 6.45) is 1.27. The average Bonchev–Trinajstić information content (AvgIpc) is 2.71. The van der Waals surface area contributed by atoms with Crippen LogP contribution in [-0.2, 0) is 4.79 Å². The van der Waals surface area contributed by atoms with Crippen molar-refractivity contribution in [3.63, 3.8) is 0 Å². The number of aryl methyl sites for hydroxylation is 1. The Morgan fingerprint density at radius 2 is 1.81 bits per heavy atom. The molecule has 2 amide bonds. The topological polar surface area (TPSA) is 40.6 Å². The summed E-state index contributed by atoms with van der Waals surface area (Å²) in [6, 6.07) is 4.22. The monoisotopic (exact) mass is 292 g/mol. The molecular formula is C16H21FN2O2. The molecule has 4 nitrogen and oxygen atoms in total. The van der Waals surface area contributed by atoms with Crippen molar-refractivity contribution in [3.05, 3.63) is 35.1 Å². The third kappa shape index (κ3) is 3.60. The van der Waals surface area contributed by atoms with Gasteiger partial charge in [-0.2, -0.15) is 0 Å². The van der Waals surface area contributed by atoms with Crippen LogP contribution in [0.2, 0.25) is 0 Å². The van der Waals surface area contributed by atoms with Crippen molar-refractivity contribution >= 4 is 11.8 Å². The third-order valence-electron chi connectivity index (χ3n) is 3.86. The van der Waals surface area contributed by atoms with E-state index in [1.165, 1.54) is 18.2 Å². The lowest BCUT2D eigenvalue weighted by atomic mass is 10.1. The van der Waals surface area contributed by atoms with E-state index in [9.17, 15) is 14.0 Å². The van der Waals surface area contributed by atoms with E-state index in [-0.39, 0.29) is 17.6 Å². The fraction of sp³-hybridized carbons (Fsp3) is 0.500. The molecule has 1 heterocycles. The highest BCUT2D eigenvalue weighted by Crippen LogP contribution is 2.15. The van der Waals surface area contributed by atoms with Crippen LogP contribution in [-0.4, -0.2) is 47.8 Å². The Labute approximate surface area is 124 Å². The second-order valence-corrected chi connectivity index (χ2v) is 5.34. The molecule has 1 fully saturated rings. The van der Waals surface area contributed by atoms with Crippen LogP contribution in [0.4, 0.5) is 4.39 Å². The summed E-state index contributed by atoms with van der Waals surface area (Å²) >= 11 is 0. The van der Waals surface area contributed by atoms with Gasteiger partial charge in [-0.3, -0.25) is 9.59 Å². The number of rotatable bonds is 2. The first-order valence-electron chi connectivity index (χ1n) is 7.36. The number of carbonyl (C=O) groups is 2. The molecule has 114 valence electrons. The van der Waals surface area contributed by atoms with Gasteiger partial charge in [0.25, 0.3) is 5.91 Å². The first-order valence-corrected chi connectivity index (χ1v) is 7.36. The van der Waals surface area contributed by atoms with Gasteiger partial charge in [-0.15, -0.1) is 0 Å². The Morgan fingerprint density at radius 1 is 1.14 bits per heavy atom. The fourth-order valence-electron chi connectivity index (χ4n) is 2.63. The molecule has 1 aromatic rings. The van der Waals surface area contributed by atoms with Gasteiger partial charge in [0.15, 0.2) is 0 Å². The number of nitrogens with zero attached hydrogens (tertiary/aromatic N) is 2. The Bertz CT molecular complexity index is 545. The first kappa shape index (κ1) is 15.5. The van der Waals surface area contributed by atoms with Crippen molar-refractivity contribution in [3.8, 4) is 0 Å². The molecule has 1 aliphatic heterocycles. The maximum Gasteiger partial charge on any atom is 0.254 e. The van der Waals surface area contributed by atoms with Gasteiger partial charge in [-0.05, 0) is 37.1 Å². The van der Waals surface area contributed by atoms with Crippen molar-refractivity contribution in [2.45, 2.75) is 26.7 Å². The standard InChI is InChI=1S/C16H21FN2O2/c1-3-15(20)18-7-4-8-19(10-9-18)16(21)14-6-5-13(17)11-12(14)2/h5-6,11H,3-4,7-10H2,1-2H3. The highest BCUT2D eigenvalue weighted by Gasteiger charge is 2.23. The predicted molar refractivity (Wildman–Crippen MR) is 78.5 cm³/mol. The lowest BCUT2D eigenvalue weighted by Gasteiger charge is -2.22. The van der Waals surface area contributed by atoms with Gasteiger partial charge < -0.3 is 9.80 Å². The second-order valence-electron chi connectivity index (χ2n) is 5.34. The van der Waals surface area contributed by atoms with Crippen LogP contribution < -0.4 is 0 Å². The van der Waals surface area contributed by atoms with Gasteiger partial charge >= 0.3 is 0 Å². The van der Waals surface area contributed by atoms with E-state index in [0.717, 1.165) is 6.42 Å². The summed E-state index contributed by atoms with van der Waals surface area (Å²) in [6.45, 7) is 6.00. The molecule has 1 aromatic carbocycles. The number of benzene rings is 1. The van der Waals surface area contributed by atoms with Crippen molar-refractivity contribution in [2.24, 2.45) is 0 Å². The van der Waals surface area contributed by atoms with Crippen molar-refractivity contribution in [2.75, 3.05) is 26.2 Å². The zero-order valence-corrected chi connectivity index (χ0v) is 12.6. The average molecular weight is 292 g/mol. The van der Waals surface area contributed by atoms with E-state index in [4.69, 9.17) is 0 Å². The molecule has 0 N–H and O–H groups in total. The SMILES string of the molecule is CCC(=O)N1CCCN(C(=O)c2ccc(F)cc2C)CC1. The molecule has 0 aromatic heterocycles. The van der Waals surface area contributed by atoms with Gasteiger partial charge in [-0.1, -0.05) is 6.92 Å². The Kier molecular flexibility index (Phi) is 4.94. The Balaban J connectivity index is 2.08. The number of amides is 2. The van der Waals surface area contributed by atoms with Gasteiger partial charge in [0.05, 0.1) is 0 Å². The number of carbonyl (C=O) groups excluding carboxylic acids is 2. The Hall–Kier alpha value is -1.91. The van der Waals surface area contributed by atoms with Gasteiger partial charge in [0.1, 0.15) is 5.82 Å². The molecule has 0 unspecified atom stereocenters. The van der Waals surface area contributed by atoms with Crippen molar-refractivity contribution < 1.29 is 14.0 Å². The number of hydrogen-bond donors (Lipinski definition) is 0. The molecule has 0 atom stereocenters. The van der Waals surface area contributed by atoms with Crippen LogP contribution in [0.1, 0.15) is 35.7 Å².